The molecule has 1 aliphatic carbocycles. The van der Waals surface area contributed by atoms with Crippen LogP contribution in [0.3, 0.4) is 0 Å². The Morgan fingerprint density at radius 2 is 2.29 bits per heavy atom. The van der Waals surface area contributed by atoms with Gasteiger partial charge in [0, 0.05) is 17.5 Å². The van der Waals surface area contributed by atoms with Gasteiger partial charge in [0.2, 0.25) is 0 Å². The van der Waals surface area contributed by atoms with Crippen molar-refractivity contribution in [1.82, 2.24) is 5.32 Å². The van der Waals surface area contributed by atoms with Crippen molar-refractivity contribution in [3.8, 4) is 0 Å². The second kappa shape index (κ2) is 8.86. The summed E-state index contributed by atoms with van der Waals surface area (Å²) in [5, 5.41) is 15.6. The zero-order chi connectivity index (χ0) is 15.1. The summed E-state index contributed by atoms with van der Waals surface area (Å²) in [6, 6.07) is 2.60. The number of aryl methyl sites for hydroxylation is 1. The summed E-state index contributed by atoms with van der Waals surface area (Å²) in [7, 11) is 0. The molecule has 5 heteroatoms. The third-order valence-electron chi connectivity index (χ3n) is 3.64. The molecule has 0 fully saturated rings. The Morgan fingerprint density at radius 1 is 1.43 bits per heavy atom. The van der Waals surface area contributed by atoms with E-state index >= 15 is 0 Å². The van der Waals surface area contributed by atoms with Crippen molar-refractivity contribution < 1.29 is 14.6 Å². The van der Waals surface area contributed by atoms with E-state index < -0.39 is 6.10 Å². The van der Waals surface area contributed by atoms with Crippen LogP contribution in [0.25, 0.3) is 0 Å². The molecule has 0 aromatic carbocycles. The molecule has 120 valence electrons. The lowest BCUT2D eigenvalue weighted by Crippen LogP contribution is -2.34. The molecule has 4 nitrogen and oxygen atoms in total. The minimum absolute atomic E-state index is 0.228. The highest BCUT2D eigenvalue weighted by atomic mass is 32.1. The fourth-order valence-corrected chi connectivity index (χ4v) is 3.59. The summed E-state index contributed by atoms with van der Waals surface area (Å²) in [6.07, 6.45) is 3.34. The SMILES string of the molecule is CC(C)OCCOCC(O)CNC1CCCc2sccc21. The molecule has 0 amide bonds. The molecule has 2 unspecified atom stereocenters. The molecule has 0 radical (unpaired) electrons. The molecule has 2 atom stereocenters. The fraction of sp³-hybridized carbons (Fsp3) is 0.750. The number of aliphatic hydroxyl groups excluding tert-OH is 1. The van der Waals surface area contributed by atoms with Crippen LogP contribution in [-0.4, -0.2) is 43.7 Å². The Labute approximate surface area is 131 Å². The number of thiophene rings is 1. The summed E-state index contributed by atoms with van der Waals surface area (Å²) in [6.45, 7) is 6.05. The molecule has 0 saturated heterocycles. The Balaban J connectivity index is 1.60. The van der Waals surface area contributed by atoms with Crippen LogP contribution in [0.2, 0.25) is 0 Å². The molecule has 0 saturated carbocycles. The lowest BCUT2D eigenvalue weighted by Gasteiger charge is -2.25. The van der Waals surface area contributed by atoms with E-state index in [9.17, 15) is 5.11 Å². The first kappa shape index (κ1) is 16.9. The molecule has 0 spiro atoms. The van der Waals surface area contributed by atoms with Crippen LogP contribution in [0.15, 0.2) is 11.4 Å². The molecule has 1 heterocycles. The topological polar surface area (TPSA) is 50.7 Å². The fourth-order valence-electron chi connectivity index (χ4n) is 2.60. The van der Waals surface area contributed by atoms with E-state index in [1.54, 1.807) is 0 Å². The predicted octanol–water partition coefficient (Wildman–Crippen LogP) is 2.52. The normalized spacial score (nSPS) is 19.7. The molecular weight excluding hydrogens is 286 g/mol. The Kier molecular flexibility index (Phi) is 7.13. The highest BCUT2D eigenvalue weighted by Gasteiger charge is 2.21. The van der Waals surface area contributed by atoms with E-state index in [0.717, 1.165) is 6.42 Å². The number of aliphatic hydroxyl groups is 1. The van der Waals surface area contributed by atoms with Crippen molar-refractivity contribution in [2.75, 3.05) is 26.4 Å². The number of hydrogen-bond donors (Lipinski definition) is 2. The standard InChI is InChI=1S/C16H27NO3S/c1-12(2)20-8-7-19-11-13(18)10-17-15-4-3-5-16-14(15)6-9-21-16/h6,9,12-13,15,17-18H,3-5,7-8,10-11H2,1-2H3. The van der Waals surface area contributed by atoms with Gasteiger partial charge < -0.3 is 19.9 Å². The smallest absolute Gasteiger partial charge is 0.0897 e. The second-order valence-electron chi connectivity index (χ2n) is 5.80. The van der Waals surface area contributed by atoms with Gasteiger partial charge in [-0.25, -0.2) is 0 Å². The van der Waals surface area contributed by atoms with E-state index in [1.807, 2.05) is 25.2 Å². The van der Waals surface area contributed by atoms with Gasteiger partial charge >= 0.3 is 0 Å². The van der Waals surface area contributed by atoms with Crippen molar-refractivity contribution in [2.24, 2.45) is 0 Å². The average Bonchev–Trinajstić information content (AvgIpc) is 2.93. The van der Waals surface area contributed by atoms with Crippen LogP contribution in [-0.2, 0) is 15.9 Å². The van der Waals surface area contributed by atoms with E-state index in [1.165, 1.54) is 23.3 Å². The Morgan fingerprint density at radius 3 is 3.10 bits per heavy atom. The average molecular weight is 313 g/mol. The number of rotatable bonds is 9. The van der Waals surface area contributed by atoms with Gasteiger partial charge in [-0.05, 0) is 50.1 Å². The predicted molar refractivity (Wildman–Crippen MR) is 85.9 cm³/mol. The number of ether oxygens (including phenoxy) is 2. The molecule has 1 aromatic rings. The van der Waals surface area contributed by atoms with Crippen molar-refractivity contribution in [3.63, 3.8) is 0 Å². The number of fused-ring (bicyclic) bond motifs is 1. The first-order valence-corrected chi connectivity index (χ1v) is 8.72. The Hall–Kier alpha value is -0.460. The molecule has 1 aromatic heterocycles. The monoisotopic (exact) mass is 313 g/mol. The van der Waals surface area contributed by atoms with Gasteiger partial charge in [0.05, 0.1) is 32.0 Å². The van der Waals surface area contributed by atoms with Gasteiger partial charge in [-0.1, -0.05) is 0 Å². The highest BCUT2D eigenvalue weighted by molar-refractivity contribution is 7.10. The zero-order valence-electron chi connectivity index (χ0n) is 13.0. The lowest BCUT2D eigenvalue weighted by molar-refractivity contribution is -0.0106. The quantitative estimate of drug-likeness (QED) is 0.688. The van der Waals surface area contributed by atoms with Crippen molar-refractivity contribution in [1.29, 1.82) is 0 Å². The molecular formula is C16H27NO3S. The van der Waals surface area contributed by atoms with Crippen LogP contribution < -0.4 is 5.32 Å². The van der Waals surface area contributed by atoms with E-state index in [-0.39, 0.29) is 6.10 Å². The molecule has 2 N–H and O–H groups in total. The molecule has 0 aliphatic heterocycles. The summed E-state index contributed by atoms with van der Waals surface area (Å²) in [4.78, 5) is 1.50. The maximum Gasteiger partial charge on any atom is 0.0897 e. The second-order valence-corrected chi connectivity index (χ2v) is 6.80. The summed E-state index contributed by atoms with van der Waals surface area (Å²) < 4.78 is 10.8. The molecule has 0 bridgehead atoms. The third kappa shape index (κ3) is 5.68. The zero-order valence-corrected chi connectivity index (χ0v) is 13.8. The highest BCUT2D eigenvalue weighted by Crippen LogP contribution is 2.33. The van der Waals surface area contributed by atoms with Gasteiger partial charge in [-0.2, -0.15) is 0 Å². The van der Waals surface area contributed by atoms with Gasteiger partial charge in [0.1, 0.15) is 0 Å². The molecule has 1 aliphatic rings. The first-order valence-electron chi connectivity index (χ1n) is 7.84. The van der Waals surface area contributed by atoms with Gasteiger partial charge in [0.25, 0.3) is 0 Å². The molecule has 21 heavy (non-hydrogen) atoms. The van der Waals surface area contributed by atoms with Crippen LogP contribution in [0.1, 0.15) is 43.2 Å². The number of hydrogen-bond acceptors (Lipinski definition) is 5. The minimum Gasteiger partial charge on any atom is -0.389 e. The van der Waals surface area contributed by atoms with Crippen LogP contribution in [0, 0.1) is 0 Å². The van der Waals surface area contributed by atoms with Crippen LogP contribution >= 0.6 is 11.3 Å². The maximum absolute atomic E-state index is 9.96. The lowest BCUT2D eigenvalue weighted by atomic mass is 9.94. The van der Waals surface area contributed by atoms with E-state index in [2.05, 4.69) is 16.8 Å². The summed E-state index contributed by atoms with van der Waals surface area (Å²) in [5.41, 5.74) is 1.42. The van der Waals surface area contributed by atoms with Crippen LogP contribution in [0.5, 0.6) is 0 Å². The van der Waals surface area contributed by atoms with Gasteiger partial charge in [-0.3, -0.25) is 0 Å². The summed E-state index contributed by atoms with van der Waals surface area (Å²) in [5.74, 6) is 0. The van der Waals surface area contributed by atoms with Crippen molar-refractivity contribution in [2.45, 2.75) is 51.4 Å². The largest absolute Gasteiger partial charge is 0.389 e. The van der Waals surface area contributed by atoms with Crippen molar-refractivity contribution >= 4 is 11.3 Å². The van der Waals surface area contributed by atoms with E-state index in [4.69, 9.17) is 9.47 Å². The van der Waals surface area contributed by atoms with Crippen LogP contribution in [0.4, 0.5) is 0 Å². The minimum atomic E-state index is -0.465. The Bertz CT molecular complexity index is 408. The molecule has 2 rings (SSSR count). The first-order chi connectivity index (χ1) is 10.2. The third-order valence-corrected chi connectivity index (χ3v) is 4.64. The summed E-state index contributed by atoms with van der Waals surface area (Å²) >= 11 is 1.84. The van der Waals surface area contributed by atoms with Crippen molar-refractivity contribution in [3.05, 3.63) is 21.9 Å². The van der Waals surface area contributed by atoms with E-state index in [0.29, 0.717) is 32.4 Å². The van der Waals surface area contributed by atoms with Gasteiger partial charge in [0.15, 0.2) is 0 Å². The van der Waals surface area contributed by atoms with Gasteiger partial charge in [-0.15, -0.1) is 11.3 Å². The maximum atomic E-state index is 9.96. The number of nitrogens with one attached hydrogen (secondary N) is 1.